The first-order valence-electron chi connectivity index (χ1n) is 10.6. The lowest BCUT2D eigenvalue weighted by Crippen LogP contribution is -2.15. The molecule has 1 unspecified atom stereocenters. The molecule has 0 N–H and O–H groups in total. The minimum absolute atomic E-state index is 0.123. The molecule has 4 rings (SSSR count). The minimum Gasteiger partial charge on any atom is -0.497 e. The molecule has 4 nitrogen and oxygen atoms in total. The van der Waals surface area contributed by atoms with Gasteiger partial charge >= 0.3 is 0 Å². The molecule has 0 heterocycles. The number of ether oxygens (including phenoxy) is 2. The molecule has 0 amide bonds. The van der Waals surface area contributed by atoms with Crippen LogP contribution in [0.1, 0.15) is 16.7 Å². The number of hydrogen-bond donors (Lipinski definition) is 1. The van der Waals surface area contributed by atoms with Gasteiger partial charge in [-0.1, -0.05) is 12.1 Å². The monoisotopic (exact) mass is 512 g/mol. The van der Waals surface area contributed by atoms with Crippen molar-refractivity contribution in [3.05, 3.63) is 108 Å². The normalized spacial score (nSPS) is 12.1. The standard InChI is InChI=1S/C27H22F2O4S2/c1-18-3-4-20(17-26(18)34)27(28,29)19-5-7-22(8-6-19)32-23-13-15-25(16-14-23)35(30)33-24-11-9-21(31-2)10-12-24/h3-17,34H,1-2H3. The molecule has 0 saturated heterocycles. The minimum atomic E-state index is -3.17. The summed E-state index contributed by atoms with van der Waals surface area (Å²) >= 11 is 2.53. The second kappa shape index (κ2) is 10.5. The summed E-state index contributed by atoms with van der Waals surface area (Å²) in [4.78, 5) is 0.964. The van der Waals surface area contributed by atoms with Gasteiger partial charge in [-0.2, -0.15) is 8.78 Å². The van der Waals surface area contributed by atoms with Crippen LogP contribution in [-0.4, -0.2) is 11.3 Å². The molecule has 0 spiro atoms. The number of hydrogen-bond acceptors (Lipinski definition) is 5. The van der Waals surface area contributed by atoms with E-state index in [1.807, 2.05) is 6.92 Å². The molecular formula is C27H22F2O4S2. The van der Waals surface area contributed by atoms with Crippen molar-refractivity contribution in [3.8, 4) is 23.0 Å². The second-order valence-corrected chi connectivity index (χ2v) is 9.26. The lowest BCUT2D eigenvalue weighted by atomic mass is 9.99. The SMILES string of the molecule is COc1ccc(OS(=O)c2ccc(Oc3ccc(C(F)(F)c4ccc(C)c(S)c4)cc3)cc2)cc1. The van der Waals surface area contributed by atoms with E-state index < -0.39 is 17.0 Å². The Kier molecular flexibility index (Phi) is 7.42. The summed E-state index contributed by atoms with van der Waals surface area (Å²) in [6, 6.07) is 23.3. The number of benzene rings is 4. The van der Waals surface area contributed by atoms with Crippen LogP contribution in [0.15, 0.2) is 101 Å². The highest BCUT2D eigenvalue weighted by Crippen LogP contribution is 2.38. The fourth-order valence-corrected chi connectivity index (χ4v) is 4.18. The topological polar surface area (TPSA) is 44.8 Å². The van der Waals surface area contributed by atoms with Crippen LogP contribution < -0.4 is 13.7 Å². The maximum atomic E-state index is 15.0. The first-order valence-corrected chi connectivity index (χ1v) is 12.1. The van der Waals surface area contributed by atoms with Gasteiger partial charge in [-0.3, -0.25) is 0 Å². The molecule has 1 atom stereocenters. The van der Waals surface area contributed by atoms with E-state index in [1.165, 1.54) is 36.4 Å². The lowest BCUT2D eigenvalue weighted by molar-refractivity contribution is 0.0426. The van der Waals surface area contributed by atoms with E-state index >= 15 is 0 Å². The zero-order valence-corrected chi connectivity index (χ0v) is 20.6. The van der Waals surface area contributed by atoms with E-state index in [0.29, 0.717) is 32.8 Å². The summed E-state index contributed by atoms with van der Waals surface area (Å²) in [5, 5.41) is 0. The van der Waals surface area contributed by atoms with Crippen LogP contribution in [0.2, 0.25) is 0 Å². The van der Waals surface area contributed by atoms with Crippen LogP contribution in [0.3, 0.4) is 0 Å². The van der Waals surface area contributed by atoms with Gasteiger partial charge in [0.1, 0.15) is 23.0 Å². The van der Waals surface area contributed by atoms with Crippen molar-refractivity contribution in [1.82, 2.24) is 0 Å². The number of alkyl halides is 2. The van der Waals surface area contributed by atoms with E-state index in [-0.39, 0.29) is 11.1 Å². The van der Waals surface area contributed by atoms with Gasteiger partial charge in [0.05, 0.1) is 12.0 Å². The van der Waals surface area contributed by atoms with Crippen molar-refractivity contribution in [2.75, 3.05) is 7.11 Å². The van der Waals surface area contributed by atoms with Gasteiger partial charge < -0.3 is 13.7 Å². The van der Waals surface area contributed by atoms with E-state index in [4.69, 9.17) is 13.7 Å². The second-order valence-electron chi connectivity index (χ2n) is 7.67. The van der Waals surface area contributed by atoms with Gasteiger partial charge in [0, 0.05) is 16.0 Å². The smallest absolute Gasteiger partial charge is 0.298 e. The molecule has 0 saturated carbocycles. The number of thiol groups is 1. The fraction of sp³-hybridized carbons (Fsp3) is 0.111. The predicted molar refractivity (Wildman–Crippen MR) is 134 cm³/mol. The average Bonchev–Trinajstić information content (AvgIpc) is 2.87. The molecule has 35 heavy (non-hydrogen) atoms. The summed E-state index contributed by atoms with van der Waals surface area (Å²) in [5.74, 6) is -1.19. The third kappa shape index (κ3) is 5.83. The lowest BCUT2D eigenvalue weighted by Gasteiger charge is -2.18. The molecule has 4 aromatic carbocycles. The van der Waals surface area contributed by atoms with Gasteiger partial charge in [-0.15, -0.1) is 12.6 Å². The number of halogens is 2. The third-order valence-corrected chi connectivity index (χ3v) is 6.75. The molecule has 0 fully saturated rings. The highest BCUT2D eigenvalue weighted by molar-refractivity contribution is 7.80. The molecule has 0 aromatic heterocycles. The van der Waals surface area contributed by atoms with E-state index in [0.717, 1.165) is 5.56 Å². The molecule has 4 aromatic rings. The number of methoxy groups -OCH3 is 1. The molecule has 180 valence electrons. The Morgan fingerprint density at radius 1 is 0.743 bits per heavy atom. The Hall–Kier alpha value is -3.36. The van der Waals surface area contributed by atoms with Crippen molar-refractivity contribution in [3.63, 3.8) is 0 Å². The summed E-state index contributed by atoms with van der Waals surface area (Å²) in [6.07, 6.45) is 0. The summed E-state index contributed by atoms with van der Waals surface area (Å²) in [7, 11) is 1.56. The van der Waals surface area contributed by atoms with Gasteiger partial charge in [0.25, 0.3) is 5.92 Å². The van der Waals surface area contributed by atoms with Crippen molar-refractivity contribution in [2.24, 2.45) is 0 Å². The Morgan fingerprint density at radius 3 is 1.83 bits per heavy atom. The van der Waals surface area contributed by atoms with Crippen molar-refractivity contribution in [1.29, 1.82) is 0 Å². The Balaban J connectivity index is 1.41. The summed E-state index contributed by atoms with van der Waals surface area (Å²) < 4.78 is 58.7. The van der Waals surface area contributed by atoms with Crippen molar-refractivity contribution in [2.45, 2.75) is 22.6 Å². The summed E-state index contributed by atoms with van der Waals surface area (Å²) in [5.41, 5.74) is 0.559. The molecule has 0 aliphatic rings. The van der Waals surface area contributed by atoms with Crippen LogP contribution in [0.25, 0.3) is 0 Å². The molecule has 0 aliphatic carbocycles. The van der Waals surface area contributed by atoms with Gasteiger partial charge in [0.15, 0.2) is 0 Å². The van der Waals surface area contributed by atoms with Gasteiger partial charge in [0.2, 0.25) is 11.1 Å². The van der Waals surface area contributed by atoms with Crippen LogP contribution in [0.5, 0.6) is 23.0 Å². The molecule has 8 heteroatoms. The van der Waals surface area contributed by atoms with Crippen LogP contribution >= 0.6 is 12.6 Å². The van der Waals surface area contributed by atoms with Crippen LogP contribution in [0, 0.1) is 6.92 Å². The molecular weight excluding hydrogens is 490 g/mol. The fourth-order valence-electron chi connectivity index (χ4n) is 3.23. The number of rotatable bonds is 8. The van der Waals surface area contributed by atoms with E-state index in [2.05, 4.69) is 12.6 Å². The maximum Gasteiger partial charge on any atom is 0.298 e. The highest BCUT2D eigenvalue weighted by Gasteiger charge is 2.34. The van der Waals surface area contributed by atoms with Crippen molar-refractivity contribution < 1.29 is 26.6 Å². The van der Waals surface area contributed by atoms with Gasteiger partial charge in [-0.05, 0) is 91.3 Å². The van der Waals surface area contributed by atoms with Crippen LogP contribution in [0.4, 0.5) is 8.78 Å². The van der Waals surface area contributed by atoms with E-state index in [9.17, 15) is 13.0 Å². The Morgan fingerprint density at radius 2 is 1.26 bits per heavy atom. The zero-order chi connectivity index (χ0) is 25.0. The first-order chi connectivity index (χ1) is 16.8. The zero-order valence-electron chi connectivity index (χ0n) is 18.9. The predicted octanol–water partition coefficient (Wildman–Crippen LogP) is 7.33. The summed E-state index contributed by atoms with van der Waals surface area (Å²) in [6.45, 7) is 1.81. The molecule has 0 radical (unpaired) electrons. The van der Waals surface area contributed by atoms with Crippen LogP contribution in [-0.2, 0) is 17.0 Å². The maximum absolute atomic E-state index is 15.0. The average molecular weight is 513 g/mol. The van der Waals surface area contributed by atoms with Gasteiger partial charge in [-0.25, -0.2) is 4.21 Å². The van der Waals surface area contributed by atoms with Crippen molar-refractivity contribution >= 4 is 23.7 Å². The Labute approximate surface area is 210 Å². The molecule has 0 bridgehead atoms. The molecule has 0 aliphatic heterocycles. The largest absolute Gasteiger partial charge is 0.497 e. The quantitative estimate of drug-likeness (QED) is 0.251. The Bertz CT molecular complexity index is 1320. The third-order valence-electron chi connectivity index (χ3n) is 5.27. The van der Waals surface area contributed by atoms with E-state index in [1.54, 1.807) is 61.7 Å². The highest BCUT2D eigenvalue weighted by atomic mass is 32.2. The first kappa shape index (κ1) is 24.8. The number of aryl methyl sites for hydroxylation is 1.